The third kappa shape index (κ3) is 2.60. The first-order chi connectivity index (χ1) is 6.43. The lowest BCUT2D eigenvalue weighted by atomic mass is 9.64. The van der Waals surface area contributed by atoms with Crippen molar-refractivity contribution in [3.63, 3.8) is 0 Å². The van der Waals surface area contributed by atoms with Crippen LogP contribution in [0.25, 0.3) is 0 Å². The van der Waals surface area contributed by atoms with Crippen LogP contribution in [-0.4, -0.2) is 11.1 Å². The van der Waals surface area contributed by atoms with Gasteiger partial charge in [-0.15, -0.1) is 0 Å². The fourth-order valence-corrected chi connectivity index (χ4v) is 2.63. The molecule has 0 unspecified atom stereocenters. The molecule has 1 fully saturated rings. The van der Waals surface area contributed by atoms with Crippen molar-refractivity contribution < 1.29 is 9.90 Å². The maximum absolute atomic E-state index is 10.5. The Bertz CT molecular complexity index is 241. The van der Waals surface area contributed by atoms with Crippen molar-refractivity contribution in [3.8, 4) is 0 Å². The van der Waals surface area contributed by atoms with Crippen molar-refractivity contribution >= 4 is 5.97 Å². The average molecular weight is 196 g/mol. The van der Waals surface area contributed by atoms with E-state index in [0.717, 1.165) is 0 Å². The fourth-order valence-electron chi connectivity index (χ4n) is 2.63. The monoisotopic (exact) mass is 196 g/mol. The third-order valence-electron chi connectivity index (χ3n) is 3.44. The van der Waals surface area contributed by atoms with Crippen LogP contribution in [0.2, 0.25) is 0 Å². The van der Waals surface area contributed by atoms with E-state index in [1.807, 2.05) is 6.08 Å². The van der Waals surface area contributed by atoms with Gasteiger partial charge in [0, 0.05) is 6.08 Å². The van der Waals surface area contributed by atoms with E-state index in [9.17, 15) is 4.79 Å². The molecule has 0 aromatic carbocycles. The van der Waals surface area contributed by atoms with E-state index in [0.29, 0.717) is 11.8 Å². The zero-order valence-corrected chi connectivity index (χ0v) is 9.29. The lowest BCUT2D eigenvalue weighted by Gasteiger charge is -2.41. The number of rotatable bonds is 2. The molecule has 1 aliphatic carbocycles. The molecule has 0 aromatic heterocycles. The van der Waals surface area contributed by atoms with Crippen LogP contribution in [0.5, 0.6) is 0 Å². The number of aliphatic carboxylic acids is 1. The Morgan fingerprint density at radius 2 is 2.14 bits per heavy atom. The normalized spacial score (nSPS) is 31.9. The summed E-state index contributed by atoms with van der Waals surface area (Å²) in [7, 11) is 0. The summed E-state index contributed by atoms with van der Waals surface area (Å²) in [5, 5.41) is 8.61. The lowest BCUT2D eigenvalue weighted by molar-refractivity contribution is -0.131. The van der Waals surface area contributed by atoms with Crippen molar-refractivity contribution in [1.82, 2.24) is 0 Å². The number of carboxylic acid groups (broad SMARTS) is 1. The van der Waals surface area contributed by atoms with E-state index in [1.165, 1.54) is 25.3 Å². The third-order valence-corrected chi connectivity index (χ3v) is 3.44. The SMILES string of the molecule is C[C@@H]1CCCC(C)(C)[C@H]1C=CC(=O)O. The maximum Gasteiger partial charge on any atom is 0.327 e. The molecule has 80 valence electrons. The quantitative estimate of drug-likeness (QED) is 0.689. The molecule has 1 rings (SSSR count). The molecule has 14 heavy (non-hydrogen) atoms. The molecule has 2 nitrogen and oxygen atoms in total. The summed E-state index contributed by atoms with van der Waals surface area (Å²) >= 11 is 0. The van der Waals surface area contributed by atoms with Crippen molar-refractivity contribution in [1.29, 1.82) is 0 Å². The van der Waals surface area contributed by atoms with Crippen LogP contribution in [-0.2, 0) is 4.79 Å². The molecular weight excluding hydrogens is 176 g/mol. The molecule has 1 aliphatic rings. The second kappa shape index (κ2) is 4.16. The van der Waals surface area contributed by atoms with Gasteiger partial charge in [0.1, 0.15) is 0 Å². The Balaban J connectivity index is 2.75. The molecule has 0 bridgehead atoms. The smallest absolute Gasteiger partial charge is 0.327 e. The van der Waals surface area contributed by atoms with Crippen LogP contribution in [0.4, 0.5) is 0 Å². The van der Waals surface area contributed by atoms with Gasteiger partial charge in [-0.25, -0.2) is 4.79 Å². The van der Waals surface area contributed by atoms with Crippen LogP contribution >= 0.6 is 0 Å². The number of carbonyl (C=O) groups is 1. The van der Waals surface area contributed by atoms with Gasteiger partial charge in [-0.05, 0) is 23.7 Å². The molecule has 2 heteroatoms. The van der Waals surface area contributed by atoms with Crippen LogP contribution in [0, 0.1) is 17.3 Å². The highest BCUT2D eigenvalue weighted by Gasteiger charge is 2.34. The molecule has 0 amide bonds. The van der Waals surface area contributed by atoms with Crippen LogP contribution < -0.4 is 0 Å². The summed E-state index contributed by atoms with van der Waals surface area (Å²) in [6, 6.07) is 0. The Labute approximate surface area is 86.0 Å². The van der Waals surface area contributed by atoms with E-state index >= 15 is 0 Å². The van der Waals surface area contributed by atoms with Crippen LogP contribution in [0.15, 0.2) is 12.2 Å². The molecule has 2 atom stereocenters. The Morgan fingerprint density at radius 1 is 1.50 bits per heavy atom. The first kappa shape index (κ1) is 11.3. The first-order valence-electron chi connectivity index (χ1n) is 5.34. The van der Waals surface area contributed by atoms with Crippen molar-refractivity contribution in [3.05, 3.63) is 12.2 Å². The Morgan fingerprint density at radius 3 is 2.64 bits per heavy atom. The van der Waals surface area contributed by atoms with Gasteiger partial charge in [0.25, 0.3) is 0 Å². The van der Waals surface area contributed by atoms with Crippen LogP contribution in [0.3, 0.4) is 0 Å². The summed E-state index contributed by atoms with van der Waals surface area (Å²) in [6.07, 6.45) is 6.87. The molecular formula is C12H20O2. The van der Waals surface area contributed by atoms with Crippen molar-refractivity contribution in [2.45, 2.75) is 40.0 Å². The van der Waals surface area contributed by atoms with Gasteiger partial charge in [0.2, 0.25) is 0 Å². The van der Waals surface area contributed by atoms with Crippen LogP contribution in [0.1, 0.15) is 40.0 Å². The summed E-state index contributed by atoms with van der Waals surface area (Å²) in [5.41, 5.74) is 0.254. The molecule has 0 heterocycles. The van der Waals surface area contributed by atoms with E-state index < -0.39 is 5.97 Å². The van der Waals surface area contributed by atoms with Gasteiger partial charge in [-0.2, -0.15) is 0 Å². The second-order valence-electron chi connectivity index (χ2n) is 5.08. The zero-order valence-electron chi connectivity index (χ0n) is 9.29. The average Bonchev–Trinajstić information content (AvgIpc) is 2.01. The summed E-state index contributed by atoms with van der Waals surface area (Å²) in [4.78, 5) is 10.5. The highest BCUT2D eigenvalue weighted by atomic mass is 16.4. The van der Waals surface area contributed by atoms with Gasteiger partial charge in [-0.3, -0.25) is 0 Å². The largest absolute Gasteiger partial charge is 0.478 e. The Kier molecular flexibility index (Phi) is 3.35. The summed E-state index contributed by atoms with van der Waals surface area (Å²) in [6.45, 7) is 6.69. The molecule has 0 aliphatic heterocycles. The lowest BCUT2D eigenvalue weighted by Crippen LogP contribution is -2.32. The number of hydrogen-bond acceptors (Lipinski definition) is 1. The van der Waals surface area contributed by atoms with E-state index in [1.54, 1.807) is 0 Å². The minimum absolute atomic E-state index is 0.254. The van der Waals surface area contributed by atoms with Crippen molar-refractivity contribution in [2.75, 3.05) is 0 Å². The van der Waals surface area contributed by atoms with Gasteiger partial charge >= 0.3 is 5.97 Å². The highest BCUT2D eigenvalue weighted by Crippen LogP contribution is 2.44. The molecule has 0 aromatic rings. The summed E-state index contributed by atoms with van der Waals surface area (Å²) < 4.78 is 0. The minimum atomic E-state index is -0.835. The highest BCUT2D eigenvalue weighted by molar-refractivity contribution is 5.79. The minimum Gasteiger partial charge on any atom is -0.478 e. The van der Waals surface area contributed by atoms with Crippen molar-refractivity contribution in [2.24, 2.45) is 17.3 Å². The fraction of sp³-hybridized carbons (Fsp3) is 0.750. The van der Waals surface area contributed by atoms with Gasteiger partial charge in [0.05, 0.1) is 0 Å². The zero-order chi connectivity index (χ0) is 10.8. The molecule has 0 saturated heterocycles. The number of hydrogen-bond donors (Lipinski definition) is 1. The predicted molar refractivity (Wildman–Crippen MR) is 57.1 cm³/mol. The van der Waals surface area contributed by atoms with E-state index in [-0.39, 0.29) is 5.41 Å². The number of carboxylic acids is 1. The molecule has 0 radical (unpaired) electrons. The summed E-state index contributed by atoms with van der Waals surface area (Å²) in [5.74, 6) is 0.181. The van der Waals surface area contributed by atoms with Gasteiger partial charge in [0.15, 0.2) is 0 Å². The molecule has 1 N–H and O–H groups in total. The Hall–Kier alpha value is -0.790. The second-order valence-corrected chi connectivity index (χ2v) is 5.08. The van der Waals surface area contributed by atoms with E-state index in [4.69, 9.17) is 5.11 Å². The molecule has 1 saturated carbocycles. The predicted octanol–water partition coefficient (Wildman–Crippen LogP) is 3.09. The molecule has 0 spiro atoms. The van der Waals surface area contributed by atoms with Gasteiger partial charge in [-0.1, -0.05) is 39.7 Å². The first-order valence-corrected chi connectivity index (χ1v) is 5.34. The maximum atomic E-state index is 10.5. The standard InChI is InChI=1S/C12H20O2/c1-9-5-4-8-12(2,3)10(9)6-7-11(13)14/h6-7,9-10H,4-5,8H2,1-3H3,(H,13,14)/t9-,10+/m1/s1. The van der Waals surface area contributed by atoms with Gasteiger partial charge < -0.3 is 5.11 Å². The number of allylic oxidation sites excluding steroid dienone is 1. The van der Waals surface area contributed by atoms with E-state index in [2.05, 4.69) is 20.8 Å². The topological polar surface area (TPSA) is 37.3 Å².